The summed E-state index contributed by atoms with van der Waals surface area (Å²) in [7, 11) is 0. The zero-order valence-electron chi connectivity index (χ0n) is 11.6. The Labute approximate surface area is 140 Å². The van der Waals surface area contributed by atoms with Gasteiger partial charge in [0.15, 0.2) is 0 Å². The molecule has 0 aliphatic heterocycles. The second-order valence-electron chi connectivity index (χ2n) is 4.74. The van der Waals surface area contributed by atoms with Crippen molar-refractivity contribution in [2.24, 2.45) is 0 Å². The van der Waals surface area contributed by atoms with E-state index in [1.54, 1.807) is 40.8 Å². The predicted molar refractivity (Wildman–Crippen MR) is 96.7 cm³/mol. The van der Waals surface area contributed by atoms with Crippen LogP contribution in [0.2, 0.25) is 0 Å². The van der Waals surface area contributed by atoms with Gasteiger partial charge in [-0.2, -0.15) is 0 Å². The maximum Gasteiger partial charge on any atom is 0.128 e. The summed E-state index contributed by atoms with van der Waals surface area (Å²) in [6, 6.07) is 16.9. The maximum atomic E-state index is 4.48. The van der Waals surface area contributed by atoms with Crippen molar-refractivity contribution in [1.29, 1.82) is 0 Å². The molecule has 3 heterocycles. The van der Waals surface area contributed by atoms with Crippen molar-refractivity contribution in [1.82, 2.24) is 9.97 Å². The summed E-state index contributed by atoms with van der Waals surface area (Å²) in [5.41, 5.74) is 1.24. The summed E-state index contributed by atoms with van der Waals surface area (Å²) in [5, 5.41) is 4.34. The molecule has 4 aromatic rings. The van der Waals surface area contributed by atoms with Gasteiger partial charge >= 0.3 is 0 Å². The first-order chi connectivity index (χ1) is 10.9. The molecular formula is C17H12N2S3. The first kappa shape index (κ1) is 13.9. The van der Waals surface area contributed by atoms with E-state index in [0.717, 1.165) is 21.0 Å². The third kappa shape index (κ3) is 2.79. The van der Waals surface area contributed by atoms with Crippen molar-refractivity contribution in [3.05, 3.63) is 65.1 Å². The number of hydrogen-bond acceptors (Lipinski definition) is 5. The normalized spacial score (nSPS) is 11.1. The third-order valence-electron chi connectivity index (χ3n) is 3.28. The highest BCUT2D eigenvalue weighted by atomic mass is 32.2. The van der Waals surface area contributed by atoms with Gasteiger partial charge in [0.2, 0.25) is 0 Å². The van der Waals surface area contributed by atoms with Gasteiger partial charge in [-0.1, -0.05) is 36.4 Å². The Morgan fingerprint density at radius 2 is 1.91 bits per heavy atom. The Hall–Kier alpha value is -1.69. The molecule has 0 bridgehead atoms. The van der Waals surface area contributed by atoms with Crippen molar-refractivity contribution in [3.8, 4) is 10.4 Å². The Balaban J connectivity index is 1.69. The molecule has 22 heavy (non-hydrogen) atoms. The molecule has 0 fully saturated rings. The van der Waals surface area contributed by atoms with Crippen molar-refractivity contribution in [2.75, 3.05) is 0 Å². The van der Waals surface area contributed by atoms with Gasteiger partial charge in [0.1, 0.15) is 16.2 Å². The van der Waals surface area contributed by atoms with Crippen LogP contribution in [0.3, 0.4) is 0 Å². The van der Waals surface area contributed by atoms with Crippen LogP contribution in [0.5, 0.6) is 0 Å². The lowest BCUT2D eigenvalue weighted by Gasteiger charge is -1.99. The molecule has 0 saturated heterocycles. The minimum Gasteiger partial charge on any atom is -0.229 e. The number of rotatable bonds is 4. The Morgan fingerprint density at radius 1 is 1.00 bits per heavy atom. The van der Waals surface area contributed by atoms with Gasteiger partial charge < -0.3 is 0 Å². The fourth-order valence-corrected chi connectivity index (χ4v) is 5.04. The number of aromatic nitrogens is 2. The molecule has 1 aromatic carbocycles. The average molecular weight is 340 g/mol. The summed E-state index contributed by atoms with van der Waals surface area (Å²) in [6.45, 7) is 0. The number of hydrogen-bond donors (Lipinski definition) is 0. The summed E-state index contributed by atoms with van der Waals surface area (Å²) >= 11 is 5.30. The second-order valence-corrected chi connectivity index (χ2v) is 7.77. The molecule has 2 nitrogen and oxygen atoms in total. The van der Waals surface area contributed by atoms with Crippen LogP contribution in [0, 0.1) is 0 Å². The van der Waals surface area contributed by atoms with Crippen LogP contribution in [0.1, 0.15) is 4.88 Å². The van der Waals surface area contributed by atoms with E-state index in [2.05, 4.69) is 57.8 Å². The van der Waals surface area contributed by atoms with E-state index in [4.69, 9.17) is 0 Å². The van der Waals surface area contributed by atoms with Gasteiger partial charge in [0, 0.05) is 20.9 Å². The Kier molecular flexibility index (Phi) is 3.93. The predicted octanol–water partition coefficient (Wildman–Crippen LogP) is 5.71. The van der Waals surface area contributed by atoms with E-state index in [0.29, 0.717) is 0 Å². The van der Waals surface area contributed by atoms with Crippen LogP contribution in [0.15, 0.2) is 65.3 Å². The van der Waals surface area contributed by atoms with Crippen LogP contribution in [-0.4, -0.2) is 9.97 Å². The van der Waals surface area contributed by atoms with Crippen molar-refractivity contribution >= 4 is 44.7 Å². The van der Waals surface area contributed by atoms with E-state index in [9.17, 15) is 0 Å². The average Bonchev–Trinajstić information content (AvgIpc) is 3.23. The highest BCUT2D eigenvalue weighted by molar-refractivity contribution is 7.98. The van der Waals surface area contributed by atoms with Gasteiger partial charge in [-0.3, -0.25) is 0 Å². The first-order valence-corrected chi connectivity index (χ1v) is 9.53. The summed E-state index contributed by atoms with van der Waals surface area (Å²) in [4.78, 5) is 12.6. The zero-order valence-corrected chi connectivity index (χ0v) is 14.0. The number of fused-ring (bicyclic) bond motifs is 1. The van der Waals surface area contributed by atoms with Crippen molar-refractivity contribution in [2.45, 2.75) is 10.8 Å². The molecule has 108 valence electrons. The molecule has 0 spiro atoms. The summed E-state index contributed by atoms with van der Waals surface area (Å²) in [5.74, 6) is 0.959. The fraction of sp³-hybridized carbons (Fsp3) is 0.0588. The Bertz CT molecular complexity index is 883. The van der Waals surface area contributed by atoms with Crippen LogP contribution < -0.4 is 0 Å². The number of thiophene rings is 2. The lowest BCUT2D eigenvalue weighted by atomic mass is 10.2. The molecule has 0 aliphatic carbocycles. The molecule has 0 atom stereocenters. The van der Waals surface area contributed by atoms with Gasteiger partial charge in [0.25, 0.3) is 0 Å². The standard InChI is InChI=1S/C17H12N2S3/c1-2-5-12(6-3-1)15-9-14-16(18-11-19-17(14)22-15)21-10-13-7-4-8-20-13/h1-9,11H,10H2. The van der Waals surface area contributed by atoms with E-state index >= 15 is 0 Å². The molecule has 5 heteroatoms. The van der Waals surface area contributed by atoms with E-state index in [1.807, 2.05) is 6.07 Å². The molecule has 0 saturated carbocycles. The molecule has 3 aromatic heterocycles. The molecule has 0 unspecified atom stereocenters. The lowest BCUT2D eigenvalue weighted by Crippen LogP contribution is -1.83. The third-order valence-corrected chi connectivity index (χ3v) is 6.49. The number of thioether (sulfide) groups is 1. The highest BCUT2D eigenvalue weighted by Gasteiger charge is 2.10. The van der Waals surface area contributed by atoms with Gasteiger partial charge in [-0.05, 0) is 23.1 Å². The fourth-order valence-electron chi connectivity index (χ4n) is 2.23. The van der Waals surface area contributed by atoms with E-state index < -0.39 is 0 Å². The van der Waals surface area contributed by atoms with E-state index in [-0.39, 0.29) is 0 Å². The quantitative estimate of drug-likeness (QED) is 0.351. The Morgan fingerprint density at radius 3 is 2.73 bits per heavy atom. The second kappa shape index (κ2) is 6.20. The van der Waals surface area contributed by atoms with Crippen LogP contribution in [0.25, 0.3) is 20.7 Å². The zero-order chi connectivity index (χ0) is 14.8. The molecule has 0 aliphatic rings. The molecule has 0 radical (unpaired) electrons. The first-order valence-electron chi connectivity index (χ1n) is 6.85. The van der Waals surface area contributed by atoms with Gasteiger partial charge in [-0.15, -0.1) is 34.4 Å². The van der Waals surface area contributed by atoms with Crippen LogP contribution in [0.4, 0.5) is 0 Å². The van der Waals surface area contributed by atoms with Gasteiger partial charge in [0.05, 0.1) is 0 Å². The minimum atomic E-state index is 0.959. The topological polar surface area (TPSA) is 25.8 Å². The lowest BCUT2D eigenvalue weighted by molar-refractivity contribution is 1.11. The SMILES string of the molecule is c1ccc(-c2cc3c(SCc4cccs4)ncnc3s2)cc1. The largest absolute Gasteiger partial charge is 0.229 e. The minimum absolute atomic E-state index is 0.959. The van der Waals surface area contributed by atoms with Crippen molar-refractivity contribution < 1.29 is 0 Å². The maximum absolute atomic E-state index is 4.48. The highest BCUT2D eigenvalue weighted by Crippen LogP contribution is 2.37. The summed E-state index contributed by atoms with van der Waals surface area (Å²) < 4.78 is 0. The molecule has 0 N–H and O–H groups in total. The van der Waals surface area contributed by atoms with Crippen LogP contribution >= 0.6 is 34.4 Å². The van der Waals surface area contributed by atoms with Crippen molar-refractivity contribution in [3.63, 3.8) is 0 Å². The number of benzene rings is 1. The molecule has 4 rings (SSSR count). The molecule has 0 amide bonds. The monoisotopic (exact) mass is 340 g/mol. The van der Waals surface area contributed by atoms with Gasteiger partial charge in [-0.25, -0.2) is 9.97 Å². The number of nitrogens with zero attached hydrogens (tertiary/aromatic N) is 2. The van der Waals surface area contributed by atoms with E-state index in [1.165, 1.54) is 15.3 Å². The smallest absolute Gasteiger partial charge is 0.128 e. The van der Waals surface area contributed by atoms with Crippen LogP contribution in [-0.2, 0) is 5.75 Å². The molecular weight excluding hydrogens is 328 g/mol. The summed E-state index contributed by atoms with van der Waals surface area (Å²) in [6.07, 6.45) is 1.67.